The third-order valence-corrected chi connectivity index (χ3v) is 4.59. The molecule has 0 spiro atoms. The zero-order valence-corrected chi connectivity index (χ0v) is 12.4. The van der Waals surface area contributed by atoms with Crippen LogP contribution in [0.25, 0.3) is 0 Å². The molecule has 2 fully saturated rings. The summed E-state index contributed by atoms with van der Waals surface area (Å²) in [6.45, 7) is 2.04. The van der Waals surface area contributed by atoms with Crippen molar-refractivity contribution in [3.05, 3.63) is 24.3 Å². The van der Waals surface area contributed by atoms with Crippen molar-refractivity contribution in [3.63, 3.8) is 0 Å². The average molecular weight is 286 g/mol. The number of amides is 2. The van der Waals surface area contributed by atoms with Crippen LogP contribution in [0, 0.1) is 11.3 Å². The fraction of sp³-hybridized carbons (Fsp3) is 0.529. The summed E-state index contributed by atoms with van der Waals surface area (Å²) < 4.78 is 0. The van der Waals surface area contributed by atoms with E-state index in [1.807, 2.05) is 31.2 Å². The maximum absolute atomic E-state index is 12.4. The zero-order chi connectivity index (χ0) is 14.9. The average Bonchev–Trinajstić information content (AvgIpc) is 3.21. The molecule has 4 nitrogen and oxygen atoms in total. The lowest BCUT2D eigenvalue weighted by Crippen LogP contribution is -2.30. The second-order valence-electron chi connectivity index (χ2n) is 6.57. The highest BCUT2D eigenvalue weighted by Crippen LogP contribution is 2.38. The van der Waals surface area contributed by atoms with E-state index >= 15 is 0 Å². The topological polar surface area (TPSA) is 58.2 Å². The summed E-state index contributed by atoms with van der Waals surface area (Å²) in [6.07, 6.45) is 6.14. The Labute approximate surface area is 125 Å². The molecule has 0 bridgehead atoms. The molecule has 112 valence electrons. The van der Waals surface area contributed by atoms with Gasteiger partial charge in [-0.05, 0) is 43.9 Å². The number of carbonyl (C=O) groups excluding carboxylic acids is 2. The zero-order valence-electron chi connectivity index (χ0n) is 12.4. The molecule has 2 amide bonds. The van der Waals surface area contributed by atoms with Gasteiger partial charge >= 0.3 is 0 Å². The lowest BCUT2D eigenvalue weighted by molar-refractivity contribution is -0.124. The molecule has 21 heavy (non-hydrogen) atoms. The summed E-state index contributed by atoms with van der Waals surface area (Å²) in [7, 11) is 0. The molecule has 2 aliphatic rings. The number of rotatable bonds is 4. The van der Waals surface area contributed by atoms with Crippen molar-refractivity contribution in [3.8, 4) is 0 Å². The predicted molar refractivity (Wildman–Crippen MR) is 83.0 cm³/mol. The highest BCUT2D eigenvalue weighted by Gasteiger charge is 2.36. The molecule has 1 aromatic rings. The van der Waals surface area contributed by atoms with E-state index in [1.165, 1.54) is 0 Å². The van der Waals surface area contributed by atoms with Gasteiger partial charge < -0.3 is 10.6 Å². The normalized spacial score (nSPS) is 20.0. The Morgan fingerprint density at radius 1 is 1.10 bits per heavy atom. The molecule has 0 saturated heterocycles. The number of benzene rings is 1. The molecular formula is C17H22N2O2. The van der Waals surface area contributed by atoms with E-state index in [2.05, 4.69) is 10.6 Å². The van der Waals surface area contributed by atoms with Crippen LogP contribution in [-0.2, 0) is 9.59 Å². The van der Waals surface area contributed by atoms with E-state index in [-0.39, 0.29) is 23.1 Å². The molecule has 3 rings (SSSR count). The van der Waals surface area contributed by atoms with Gasteiger partial charge in [-0.15, -0.1) is 0 Å². The number of nitrogens with one attached hydrogen (secondary N) is 2. The van der Waals surface area contributed by atoms with Crippen LogP contribution in [0.15, 0.2) is 24.3 Å². The molecule has 2 aliphatic carbocycles. The highest BCUT2D eigenvalue weighted by atomic mass is 16.2. The smallest absolute Gasteiger partial charge is 0.230 e. The Kier molecular flexibility index (Phi) is 3.70. The summed E-state index contributed by atoms with van der Waals surface area (Å²) in [4.78, 5) is 24.2. The van der Waals surface area contributed by atoms with Crippen molar-refractivity contribution < 1.29 is 9.59 Å². The van der Waals surface area contributed by atoms with E-state index < -0.39 is 0 Å². The second-order valence-corrected chi connectivity index (χ2v) is 6.57. The minimum absolute atomic E-state index is 0.0845. The van der Waals surface area contributed by atoms with Crippen LogP contribution in [0.5, 0.6) is 0 Å². The minimum atomic E-state index is -0.243. The molecule has 2 saturated carbocycles. The van der Waals surface area contributed by atoms with Crippen molar-refractivity contribution in [1.82, 2.24) is 0 Å². The monoisotopic (exact) mass is 286 g/mol. The van der Waals surface area contributed by atoms with E-state index in [0.717, 1.165) is 49.9 Å². The van der Waals surface area contributed by atoms with Crippen molar-refractivity contribution in [2.75, 3.05) is 10.6 Å². The first kappa shape index (κ1) is 14.1. The predicted octanol–water partition coefficient (Wildman–Crippen LogP) is 3.55. The molecule has 0 unspecified atom stereocenters. The van der Waals surface area contributed by atoms with Crippen LogP contribution in [0.1, 0.15) is 45.4 Å². The minimum Gasteiger partial charge on any atom is -0.326 e. The Morgan fingerprint density at radius 2 is 1.71 bits per heavy atom. The van der Waals surface area contributed by atoms with Crippen LogP contribution in [0.3, 0.4) is 0 Å². The lowest BCUT2D eigenvalue weighted by atomic mass is 9.88. The van der Waals surface area contributed by atoms with Gasteiger partial charge in [0.15, 0.2) is 0 Å². The van der Waals surface area contributed by atoms with Crippen molar-refractivity contribution in [2.24, 2.45) is 11.3 Å². The molecule has 0 aromatic heterocycles. The van der Waals surface area contributed by atoms with Gasteiger partial charge in [-0.1, -0.05) is 25.8 Å². The molecule has 0 heterocycles. The number of hydrogen-bond acceptors (Lipinski definition) is 2. The second kappa shape index (κ2) is 5.51. The van der Waals surface area contributed by atoms with Crippen molar-refractivity contribution in [1.29, 1.82) is 0 Å². The Morgan fingerprint density at radius 3 is 2.33 bits per heavy atom. The van der Waals surface area contributed by atoms with Gasteiger partial charge in [-0.3, -0.25) is 9.59 Å². The van der Waals surface area contributed by atoms with Crippen LogP contribution in [0.4, 0.5) is 11.4 Å². The number of carbonyl (C=O) groups is 2. The van der Waals surface area contributed by atoms with Gasteiger partial charge in [0, 0.05) is 22.7 Å². The summed E-state index contributed by atoms with van der Waals surface area (Å²) >= 11 is 0. The third kappa shape index (κ3) is 3.26. The highest BCUT2D eigenvalue weighted by molar-refractivity contribution is 5.97. The fourth-order valence-corrected chi connectivity index (χ4v) is 2.93. The fourth-order valence-electron chi connectivity index (χ4n) is 2.93. The third-order valence-electron chi connectivity index (χ3n) is 4.59. The maximum atomic E-state index is 12.4. The molecular weight excluding hydrogens is 264 g/mol. The summed E-state index contributed by atoms with van der Waals surface area (Å²) in [5, 5.41) is 5.90. The summed E-state index contributed by atoms with van der Waals surface area (Å²) in [6, 6.07) is 7.40. The van der Waals surface area contributed by atoms with Crippen molar-refractivity contribution in [2.45, 2.75) is 45.4 Å². The van der Waals surface area contributed by atoms with E-state index in [9.17, 15) is 9.59 Å². The first-order valence-corrected chi connectivity index (χ1v) is 7.79. The van der Waals surface area contributed by atoms with Gasteiger partial charge in [0.1, 0.15) is 0 Å². The standard InChI is InChI=1S/C17H22N2O2/c1-17(9-2-3-10-17)16(21)19-14-6-4-5-13(11-14)18-15(20)12-7-8-12/h4-6,11-12H,2-3,7-10H2,1H3,(H,18,20)(H,19,21). The van der Waals surface area contributed by atoms with Gasteiger partial charge in [-0.2, -0.15) is 0 Å². The van der Waals surface area contributed by atoms with E-state index in [4.69, 9.17) is 0 Å². The maximum Gasteiger partial charge on any atom is 0.230 e. The summed E-state index contributed by atoms with van der Waals surface area (Å²) in [5.74, 6) is 0.354. The quantitative estimate of drug-likeness (QED) is 0.889. The van der Waals surface area contributed by atoms with Gasteiger partial charge in [0.05, 0.1) is 0 Å². The van der Waals surface area contributed by atoms with Crippen LogP contribution in [-0.4, -0.2) is 11.8 Å². The largest absolute Gasteiger partial charge is 0.326 e. The van der Waals surface area contributed by atoms with Gasteiger partial charge in [0.25, 0.3) is 0 Å². The molecule has 2 N–H and O–H groups in total. The first-order valence-electron chi connectivity index (χ1n) is 7.79. The molecule has 1 aromatic carbocycles. The van der Waals surface area contributed by atoms with E-state index in [1.54, 1.807) is 0 Å². The lowest BCUT2D eigenvalue weighted by Gasteiger charge is -2.22. The van der Waals surface area contributed by atoms with Gasteiger partial charge in [-0.25, -0.2) is 0 Å². The summed E-state index contributed by atoms with van der Waals surface area (Å²) in [5.41, 5.74) is 1.26. The molecule has 0 aliphatic heterocycles. The van der Waals surface area contributed by atoms with Crippen LogP contribution in [0.2, 0.25) is 0 Å². The SMILES string of the molecule is CC1(C(=O)Nc2cccc(NC(=O)C3CC3)c2)CCCC1. The number of anilines is 2. The Balaban J connectivity index is 1.65. The number of hydrogen-bond donors (Lipinski definition) is 2. The van der Waals surface area contributed by atoms with Crippen molar-refractivity contribution >= 4 is 23.2 Å². The first-order chi connectivity index (χ1) is 10.1. The van der Waals surface area contributed by atoms with Crippen LogP contribution < -0.4 is 10.6 Å². The Hall–Kier alpha value is -1.84. The molecule has 0 atom stereocenters. The molecule has 4 heteroatoms. The molecule has 0 radical (unpaired) electrons. The Bertz CT molecular complexity index is 558. The van der Waals surface area contributed by atoms with Crippen LogP contribution >= 0.6 is 0 Å². The van der Waals surface area contributed by atoms with E-state index in [0.29, 0.717) is 0 Å². The van der Waals surface area contributed by atoms with Gasteiger partial charge in [0.2, 0.25) is 11.8 Å².